The number of nitrogens with zero attached hydrogens (tertiary/aromatic N) is 5. The monoisotopic (exact) mass is 263 g/mol. The molecular weight excluding hydrogens is 246 g/mol. The molecule has 0 aliphatic rings. The van der Waals surface area contributed by atoms with Crippen molar-refractivity contribution in [3.63, 3.8) is 0 Å². The van der Waals surface area contributed by atoms with E-state index in [-0.39, 0.29) is 0 Å². The molecule has 0 saturated heterocycles. The Morgan fingerprint density at radius 3 is 2.89 bits per heavy atom. The number of hydrogen-bond donors (Lipinski definition) is 1. The van der Waals surface area contributed by atoms with Crippen LogP contribution in [-0.2, 0) is 11.8 Å². The Hall–Kier alpha value is -2.18. The van der Waals surface area contributed by atoms with Crippen LogP contribution in [0.2, 0.25) is 0 Å². The largest absolute Gasteiger partial charge is 0.481 e. The highest BCUT2D eigenvalue weighted by Gasteiger charge is 2.19. The van der Waals surface area contributed by atoms with Crippen LogP contribution in [0, 0.1) is 5.92 Å². The maximum atomic E-state index is 11.0. The maximum Gasteiger partial charge on any atom is 0.308 e. The van der Waals surface area contributed by atoms with Crippen LogP contribution in [0.1, 0.15) is 13.8 Å². The number of aliphatic carboxylic acids is 1. The molecule has 0 amide bonds. The van der Waals surface area contributed by atoms with Crippen molar-refractivity contribution in [2.45, 2.75) is 13.8 Å². The average molecular weight is 263 g/mol. The van der Waals surface area contributed by atoms with Gasteiger partial charge in [0.05, 0.1) is 17.5 Å². The minimum atomic E-state index is -0.810. The lowest BCUT2D eigenvalue weighted by Crippen LogP contribution is -2.32. The summed E-state index contributed by atoms with van der Waals surface area (Å²) in [4.78, 5) is 21.4. The van der Waals surface area contributed by atoms with Crippen LogP contribution in [0.3, 0.4) is 0 Å². The first kappa shape index (κ1) is 13.3. The zero-order valence-corrected chi connectivity index (χ0v) is 11.2. The number of rotatable bonds is 5. The summed E-state index contributed by atoms with van der Waals surface area (Å²) >= 11 is 0. The molecule has 2 aromatic heterocycles. The average Bonchev–Trinajstić information content (AvgIpc) is 2.77. The number of hydrogen-bond acceptors (Lipinski definition) is 5. The zero-order chi connectivity index (χ0) is 14.0. The Labute approximate surface area is 110 Å². The van der Waals surface area contributed by atoms with Gasteiger partial charge in [-0.3, -0.25) is 9.48 Å². The standard InChI is InChI=1S/C12H17N5O2/c1-4-17(6-8(2)12(18)19)11-9-5-15-16(3)10(9)13-7-14-11/h5,7-8H,4,6H2,1-3H3,(H,18,19). The first-order chi connectivity index (χ1) is 9.04. The highest BCUT2D eigenvalue weighted by atomic mass is 16.4. The fourth-order valence-electron chi connectivity index (χ4n) is 1.98. The second kappa shape index (κ2) is 5.21. The van der Waals surface area contributed by atoms with Crippen LogP contribution in [0.25, 0.3) is 11.0 Å². The van der Waals surface area contributed by atoms with Gasteiger partial charge >= 0.3 is 5.97 Å². The molecule has 2 aromatic rings. The van der Waals surface area contributed by atoms with Crippen molar-refractivity contribution in [2.24, 2.45) is 13.0 Å². The highest BCUT2D eigenvalue weighted by molar-refractivity contribution is 5.86. The predicted molar refractivity (Wildman–Crippen MR) is 71.0 cm³/mol. The molecule has 0 saturated carbocycles. The zero-order valence-electron chi connectivity index (χ0n) is 11.2. The fourth-order valence-corrected chi connectivity index (χ4v) is 1.98. The van der Waals surface area contributed by atoms with Gasteiger partial charge in [0.15, 0.2) is 5.65 Å². The quantitative estimate of drug-likeness (QED) is 0.863. The molecule has 0 spiro atoms. The summed E-state index contributed by atoms with van der Waals surface area (Å²) in [5.74, 6) is -0.537. The van der Waals surface area contributed by atoms with Gasteiger partial charge in [-0.05, 0) is 6.92 Å². The first-order valence-electron chi connectivity index (χ1n) is 6.15. The molecule has 0 fully saturated rings. The van der Waals surface area contributed by atoms with Crippen molar-refractivity contribution >= 4 is 22.8 Å². The molecule has 0 aliphatic heterocycles. The Kier molecular flexibility index (Phi) is 3.64. The minimum Gasteiger partial charge on any atom is -0.481 e. The van der Waals surface area contributed by atoms with E-state index >= 15 is 0 Å². The normalized spacial score (nSPS) is 12.6. The number of carbonyl (C=O) groups is 1. The SMILES string of the molecule is CCN(CC(C)C(=O)O)c1ncnc2c1cnn2C. The summed E-state index contributed by atoms with van der Waals surface area (Å²) < 4.78 is 1.68. The molecule has 0 aromatic carbocycles. The molecule has 1 atom stereocenters. The maximum absolute atomic E-state index is 11.0. The molecular formula is C12H17N5O2. The van der Waals surface area contributed by atoms with Gasteiger partial charge in [-0.1, -0.05) is 6.92 Å². The Balaban J connectivity index is 2.38. The van der Waals surface area contributed by atoms with Gasteiger partial charge in [0.1, 0.15) is 12.1 Å². The molecule has 0 bridgehead atoms. The Morgan fingerprint density at radius 1 is 1.53 bits per heavy atom. The van der Waals surface area contributed by atoms with Gasteiger partial charge in [0.2, 0.25) is 0 Å². The number of carboxylic acids is 1. The van der Waals surface area contributed by atoms with E-state index in [1.165, 1.54) is 6.33 Å². The van der Waals surface area contributed by atoms with Crippen LogP contribution in [0.5, 0.6) is 0 Å². The number of aryl methyl sites for hydroxylation is 1. The Morgan fingerprint density at radius 2 is 2.26 bits per heavy atom. The minimum absolute atomic E-state index is 0.410. The van der Waals surface area contributed by atoms with Crippen molar-refractivity contribution in [2.75, 3.05) is 18.0 Å². The molecule has 0 aliphatic carbocycles. The van der Waals surface area contributed by atoms with E-state index in [0.29, 0.717) is 13.1 Å². The van der Waals surface area contributed by atoms with Crippen molar-refractivity contribution in [1.82, 2.24) is 19.7 Å². The lowest BCUT2D eigenvalue weighted by molar-refractivity contribution is -0.140. The van der Waals surface area contributed by atoms with Gasteiger partial charge in [-0.25, -0.2) is 9.97 Å². The van der Waals surface area contributed by atoms with Crippen LogP contribution in [0.15, 0.2) is 12.5 Å². The molecule has 0 radical (unpaired) electrons. The topological polar surface area (TPSA) is 84.1 Å². The van der Waals surface area contributed by atoms with Crippen LogP contribution in [-0.4, -0.2) is 43.9 Å². The number of fused-ring (bicyclic) bond motifs is 1. The van der Waals surface area contributed by atoms with Crippen LogP contribution in [0.4, 0.5) is 5.82 Å². The third-order valence-electron chi connectivity index (χ3n) is 3.11. The molecule has 1 unspecified atom stereocenters. The smallest absolute Gasteiger partial charge is 0.308 e. The Bertz CT molecular complexity index is 595. The summed E-state index contributed by atoms with van der Waals surface area (Å²) in [5, 5.41) is 14.0. The van der Waals surface area contributed by atoms with E-state index in [2.05, 4.69) is 15.1 Å². The van der Waals surface area contributed by atoms with Crippen molar-refractivity contribution in [3.05, 3.63) is 12.5 Å². The third kappa shape index (κ3) is 2.49. The molecule has 19 heavy (non-hydrogen) atoms. The summed E-state index contributed by atoms with van der Waals surface area (Å²) in [6.45, 7) is 4.75. The van der Waals surface area contributed by atoms with Crippen molar-refractivity contribution < 1.29 is 9.90 Å². The molecule has 7 nitrogen and oxygen atoms in total. The first-order valence-corrected chi connectivity index (χ1v) is 6.15. The lowest BCUT2D eigenvalue weighted by Gasteiger charge is -2.24. The fraction of sp³-hybridized carbons (Fsp3) is 0.500. The van der Waals surface area contributed by atoms with Gasteiger partial charge < -0.3 is 10.0 Å². The molecule has 7 heteroatoms. The van der Waals surface area contributed by atoms with E-state index in [9.17, 15) is 4.79 Å². The summed E-state index contributed by atoms with van der Waals surface area (Å²) in [5.41, 5.74) is 0.742. The van der Waals surface area contributed by atoms with Crippen LogP contribution >= 0.6 is 0 Å². The third-order valence-corrected chi connectivity index (χ3v) is 3.11. The van der Waals surface area contributed by atoms with E-state index in [4.69, 9.17) is 5.11 Å². The van der Waals surface area contributed by atoms with Crippen molar-refractivity contribution in [1.29, 1.82) is 0 Å². The van der Waals surface area contributed by atoms with Crippen molar-refractivity contribution in [3.8, 4) is 0 Å². The van der Waals surface area contributed by atoms with E-state index in [0.717, 1.165) is 16.9 Å². The van der Waals surface area contributed by atoms with Gasteiger partial charge in [-0.2, -0.15) is 5.10 Å². The van der Waals surface area contributed by atoms with E-state index in [1.54, 1.807) is 17.8 Å². The van der Waals surface area contributed by atoms with Gasteiger partial charge in [0.25, 0.3) is 0 Å². The summed E-state index contributed by atoms with van der Waals surface area (Å²) in [6, 6.07) is 0. The van der Waals surface area contributed by atoms with Gasteiger partial charge in [-0.15, -0.1) is 0 Å². The van der Waals surface area contributed by atoms with E-state index in [1.807, 2.05) is 18.9 Å². The number of aromatic nitrogens is 4. The summed E-state index contributed by atoms with van der Waals surface area (Å²) in [7, 11) is 1.81. The lowest BCUT2D eigenvalue weighted by atomic mass is 10.1. The molecule has 2 rings (SSSR count). The predicted octanol–water partition coefficient (Wildman–Crippen LogP) is 0.910. The highest BCUT2D eigenvalue weighted by Crippen LogP contribution is 2.22. The second-order valence-electron chi connectivity index (χ2n) is 4.48. The molecule has 2 heterocycles. The van der Waals surface area contributed by atoms with Gasteiger partial charge in [0, 0.05) is 20.1 Å². The second-order valence-corrected chi connectivity index (χ2v) is 4.48. The van der Waals surface area contributed by atoms with E-state index < -0.39 is 11.9 Å². The van der Waals surface area contributed by atoms with Crippen LogP contribution < -0.4 is 4.90 Å². The number of carboxylic acid groups (broad SMARTS) is 1. The molecule has 102 valence electrons. The molecule has 1 N–H and O–H groups in total. The summed E-state index contributed by atoms with van der Waals surface area (Å²) in [6.07, 6.45) is 3.19. The number of anilines is 1.